The largest absolute Gasteiger partial charge is 0.444 e. The van der Waals surface area contributed by atoms with Gasteiger partial charge in [-0.2, -0.15) is 0 Å². The minimum atomic E-state index is -0.833. The number of hydrogen-bond acceptors (Lipinski definition) is 4. The van der Waals surface area contributed by atoms with E-state index in [1.807, 2.05) is 72.8 Å². The Hall–Kier alpha value is -3.87. The number of piperazine rings is 1. The van der Waals surface area contributed by atoms with Gasteiger partial charge in [0.1, 0.15) is 17.7 Å². The van der Waals surface area contributed by atoms with Gasteiger partial charge < -0.3 is 15.0 Å². The quantitative estimate of drug-likeness (QED) is 0.550. The van der Waals surface area contributed by atoms with Crippen LogP contribution in [-0.2, 0) is 27.2 Å². The lowest BCUT2D eigenvalue weighted by Crippen LogP contribution is -2.62. The Kier molecular flexibility index (Phi) is 7.81. The molecule has 1 heterocycles. The Morgan fingerprint density at radius 2 is 1.68 bits per heavy atom. The van der Waals surface area contributed by atoms with Gasteiger partial charge in [-0.15, -0.1) is 0 Å². The summed E-state index contributed by atoms with van der Waals surface area (Å²) in [6.07, 6.45) is 0.125. The molecule has 0 saturated carbocycles. The van der Waals surface area contributed by atoms with Crippen LogP contribution < -0.4 is 5.32 Å². The number of hydrogen-bond donors (Lipinski definition) is 1. The van der Waals surface area contributed by atoms with Crippen molar-refractivity contribution in [1.82, 2.24) is 15.1 Å². The molecule has 3 amide bonds. The summed E-state index contributed by atoms with van der Waals surface area (Å²) < 4.78 is 5.61. The molecule has 0 aromatic heterocycles. The number of nitrogens with one attached hydrogen (secondary N) is 1. The summed E-state index contributed by atoms with van der Waals surface area (Å²) in [4.78, 5) is 43.1. The van der Waals surface area contributed by atoms with Crippen LogP contribution in [0, 0.1) is 0 Å². The second kappa shape index (κ2) is 11.0. The molecule has 37 heavy (non-hydrogen) atoms. The third-order valence-corrected chi connectivity index (χ3v) is 6.56. The molecule has 7 heteroatoms. The zero-order valence-corrected chi connectivity index (χ0v) is 21.9. The van der Waals surface area contributed by atoms with E-state index in [4.69, 9.17) is 4.74 Å². The first-order chi connectivity index (χ1) is 17.6. The maximum atomic E-state index is 14.1. The Morgan fingerprint density at radius 1 is 1.00 bits per heavy atom. The molecule has 1 fully saturated rings. The van der Waals surface area contributed by atoms with E-state index < -0.39 is 23.8 Å². The van der Waals surface area contributed by atoms with Crippen molar-refractivity contribution in [2.75, 3.05) is 20.1 Å². The highest BCUT2D eigenvalue weighted by molar-refractivity contribution is 5.93. The van der Waals surface area contributed by atoms with Gasteiger partial charge in [-0.25, -0.2) is 4.79 Å². The maximum absolute atomic E-state index is 14.1. The number of amides is 3. The predicted octanol–water partition coefficient (Wildman–Crippen LogP) is 4.19. The molecule has 0 bridgehead atoms. The van der Waals surface area contributed by atoms with E-state index in [0.717, 1.165) is 21.9 Å². The lowest BCUT2D eigenvalue weighted by molar-refractivity contribution is -0.146. The van der Waals surface area contributed by atoms with Crippen molar-refractivity contribution in [2.24, 2.45) is 0 Å². The summed E-state index contributed by atoms with van der Waals surface area (Å²) in [5, 5.41) is 5.05. The van der Waals surface area contributed by atoms with E-state index in [1.54, 1.807) is 32.7 Å². The van der Waals surface area contributed by atoms with Crippen molar-refractivity contribution >= 4 is 28.7 Å². The third-order valence-electron chi connectivity index (χ3n) is 6.56. The van der Waals surface area contributed by atoms with Crippen LogP contribution in [0.25, 0.3) is 10.8 Å². The second-order valence-electron chi connectivity index (χ2n) is 10.5. The lowest BCUT2D eigenvalue weighted by atomic mass is 9.97. The summed E-state index contributed by atoms with van der Waals surface area (Å²) in [5.74, 6) is -0.454. The Bertz CT molecular complexity index is 1270. The van der Waals surface area contributed by atoms with Crippen molar-refractivity contribution in [3.63, 3.8) is 0 Å². The highest BCUT2D eigenvalue weighted by Crippen LogP contribution is 2.22. The van der Waals surface area contributed by atoms with Gasteiger partial charge in [0, 0.05) is 33.0 Å². The summed E-state index contributed by atoms with van der Waals surface area (Å²) in [5.41, 5.74) is 1.19. The van der Waals surface area contributed by atoms with Crippen molar-refractivity contribution in [2.45, 2.75) is 51.3 Å². The van der Waals surface area contributed by atoms with Gasteiger partial charge in [-0.05, 0) is 42.7 Å². The second-order valence-corrected chi connectivity index (χ2v) is 10.5. The van der Waals surface area contributed by atoms with Crippen LogP contribution in [0.5, 0.6) is 0 Å². The summed E-state index contributed by atoms with van der Waals surface area (Å²) in [6.45, 7) is 6.13. The molecule has 4 rings (SSSR count). The number of likely N-dealkylation sites (N-methyl/N-ethyl adjacent to an activating group) is 1. The molecule has 7 nitrogen and oxygen atoms in total. The molecule has 194 valence electrons. The number of carbonyl (C=O) groups is 3. The number of benzene rings is 3. The van der Waals surface area contributed by atoms with E-state index in [9.17, 15) is 14.4 Å². The van der Waals surface area contributed by atoms with Crippen molar-refractivity contribution in [3.05, 3.63) is 83.9 Å². The normalized spacial score (nSPS) is 16.7. The summed E-state index contributed by atoms with van der Waals surface area (Å²) >= 11 is 0. The molecule has 3 aromatic carbocycles. The van der Waals surface area contributed by atoms with Crippen LogP contribution in [0.2, 0.25) is 0 Å². The number of ether oxygens (including phenoxy) is 1. The monoisotopic (exact) mass is 501 g/mol. The topological polar surface area (TPSA) is 79.0 Å². The smallest absolute Gasteiger partial charge is 0.410 e. The van der Waals surface area contributed by atoms with E-state index in [1.165, 1.54) is 4.90 Å². The average Bonchev–Trinajstić information content (AvgIpc) is 2.87. The first-order valence-electron chi connectivity index (χ1n) is 12.7. The first-order valence-corrected chi connectivity index (χ1v) is 12.7. The van der Waals surface area contributed by atoms with Crippen LogP contribution in [0.3, 0.4) is 0 Å². The third kappa shape index (κ3) is 6.47. The molecular weight excluding hydrogens is 466 g/mol. The highest BCUT2D eigenvalue weighted by atomic mass is 16.6. The number of rotatable bonds is 6. The Balaban J connectivity index is 1.65. The van der Waals surface area contributed by atoms with Crippen molar-refractivity contribution in [3.8, 4) is 0 Å². The number of nitrogens with zero attached hydrogens (tertiary/aromatic N) is 2. The minimum Gasteiger partial charge on any atom is -0.444 e. The lowest BCUT2D eigenvalue weighted by Gasteiger charge is -2.39. The van der Waals surface area contributed by atoms with Crippen LogP contribution >= 0.6 is 0 Å². The molecule has 0 radical (unpaired) electrons. The molecule has 0 aliphatic carbocycles. The Morgan fingerprint density at radius 3 is 2.38 bits per heavy atom. The zero-order chi connectivity index (χ0) is 26.6. The van der Waals surface area contributed by atoms with Gasteiger partial charge >= 0.3 is 6.09 Å². The van der Waals surface area contributed by atoms with E-state index >= 15 is 0 Å². The number of carbonyl (C=O) groups excluding carboxylic acids is 3. The number of fused-ring (bicyclic) bond motifs is 1. The Labute approximate surface area is 218 Å². The van der Waals surface area contributed by atoms with Gasteiger partial charge in [0.15, 0.2) is 0 Å². The first kappa shape index (κ1) is 26.2. The van der Waals surface area contributed by atoms with Gasteiger partial charge in [-0.1, -0.05) is 72.8 Å². The molecule has 2 unspecified atom stereocenters. The fraction of sp³-hybridized carbons (Fsp3) is 0.367. The van der Waals surface area contributed by atoms with Crippen LogP contribution in [0.4, 0.5) is 4.79 Å². The summed E-state index contributed by atoms with van der Waals surface area (Å²) in [7, 11) is 1.59. The van der Waals surface area contributed by atoms with Crippen LogP contribution in [-0.4, -0.2) is 65.5 Å². The SMILES string of the molecule is CN(C(=O)OC(C)(C)C)C(Cc1ccc2ccccc2c1)C(=O)N1CCNC(=O)C1Cc1ccccc1. The molecule has 1 aliphatic heterocycles. The standard InChI is InChI=1S/C30H35N3O4/c1-30(2,3)37-29(36)32(4)26(20-22-14-15-23-12-8-9-13-24(23)18-22)28(35)33-17-16-31-27(34)25(33)19-21-10-6-5-7-11-21/h5-15,18,25-26H,16-17,19-20H2,1-4H3,(H,31,34). The van der Waals surface area contributed by atoms with E-state index in [2.05, 4.69) is 5.32 Å². The summed E-state index contributed by atoms with van der Waals surface area (Å²) in [6, 6.07) is 22.2. The van der Waals surface area contributed by atoms with Crippen LogP contribution in [0.15, 0.2) is 72.8 Å². The highest BCUT2D eigenvalue weighted by Gasteiger charge is 2.39. The zero-order valence-electron chi connectivity index (χ0n) is 21.9. The molecular formula is C30H35N3O4. The van der Waals surface area contributed by atoms with Gasteiger partial charge in [0.2, 0.25) is 11.8 Å². The van der Waals surface area contributed by atoms with Crippen molar-refractivity contribution in [1.29, 1.82) is 0 Å². The van der Waals surface area contributed by atoms with E-state index in [-0.39, 0.29) is 11.8 Å². The molecule has 2 atom stereocenters. The fourth-order valence-corrected chi connectivity index (χ4v) is 4.65. The fourth-order valence-electron chi connectivity index (χ4n) is 4.65. The van der Waals surface area contributed by atoms with Gasteiger partial charge in [0.25, 0.3) is 0 Å². The predicted molar refractivity (Wildman–Crippen MR) is 144 cm³/mol. The molecule has 1 aliphatic rings. The molecule has 1 saturated heterocycles. The van der Waals surface area contributed by atoms with Crippen LogP contribution in [0.1, 0.15) is 31.9 Å². The molecule has 0 spiro atoms. The maximum Gasteiger partial charge on any atom is 0.410 e. The average molecular weight is 502 g/mol. The molecule has 1 N–H and O–H groups in total. The minimum absolute atomic E-state index is 0.187. The van der Waals surface area contributed by atoms with Gasteiger partial charge in [0.05, 0.1) is 0 Å². The van der Waals surface area contributed by atoms with Crippen molar-refractivity contribution < 1.29 is 19.1 Å². The molecule has 3 aromatic rings. The van der Waals surface area contributed by atoms with E-state index in [0.29, 0.717) is 25.9 Å². The van der Waals surface area contributed by atoms with Gasteiger partial charge in [-0.3, -0.25) is 14.5 Å².